The standard InChI is InChI=1S/C7H12NO/c9-6-7-3-1-2-4-8-5-7/h7-8H,1-5H2. The molecule has 1 unspecified atom stereocenters. The Balaban J connectivity index is 2.26. The van der Waals surface area contributed by atoms with Crippen LogP contribution in [0.5, 0.6) is 0 Å². The smallest absolute Gasteiger partial charge is 0.203 e. The zero-order valence-corrected chi connectivity index (χ0v) is 5.52. The lowest BCUT2D eigenvalue weighted by atomic mass is 10.1. The minimum atomic E-state index is 0.160. The van der Waals surface area contributed by atoms with Gasteiger partial charge in [-0.05, 0) is 19.4 Å². The Morgan fingerprint density at radius 3 is 3.11 bits per heavy atom. The summed E-state index contributed by atoms with van der Waals surface area (Å²) >= 11 is 0. The molecule has 0 bridgehead atoms. The summed E-state index contributed by atoms with van der Waals surface area (Å²) in [6.45, 7) is 1.90. The lowest BCUT2D eigenvalue weighted by Crippen LogP contribution is -2.21. The lowest BCUT2D eigenvalue weighted by Gasteiger charge is -2.01. The van der Waals surface area contributed by atoms with E-state index in [1.165, 1.54) is 12.8 Å². The van der Waals surface area contributed by atoms with Gasteiger partial charge < -0.3 is 5.32 Å². The molecule has 1 atom stereocenters. The number of rotatable bonds is 1. The monoisotopic (exact) mass is 126 g/mol. The van der Waals surface area contributed by atoms with Gasteiger partial charge in [-0.3, -0.25) is 4.79 Å². The van der Waals surface area contributed by atoms with Gasteiger partial charge in [0, 0.05) is 12.5 Å². The van der Waals surface area contributed by atoms with E-state index in [0.29, 0.717) is 0 Å². The third kappa shape index (κ3) is 2.14. The summed E-state index contributed by atoms with van der Waals surface area (Å²) < 4.78 is 0. The first-order valence-corrected chi connectivity index (χ1v) is 3.52. The van der Waals surface area contributed by atoms with Crippen LogP contribution in [0.4, 0.5) is 0 Å². The molecule has 1 aliphatic heterocycles. The first-order valence-electron chi connectivity index (χ1n) is 3.52. The number of hydrogen-bond donors (Lipinski definition) is 1. The molecule has 1 saturated heterocycles. The highest BCUT2D eigenvalue weighted by atomic mass is 16.1. The predicted molar refractivity (Wildman–Crippen MR) is 35.9 cm³/mol. The normalized spacial score (nSPS) is 29.1. The van der Waals surface area contributed by atoms with Crippen molar-refractivity contribution >= 4 is 6.29 Å². The minimum Gasteiger partial charge on any atom is -0.316 e. The van der Waals surface area contributed by atoms with Crippen LogP contribution < -0.4 is 5.32 Å². The van der Waals surface area contributed by atoms with Crippen molar-refractivity contribution in [2.45, 2.75) is 19.3 Å². The molecule has 1 heterocycles. The van der Waals surface area contributed by atoms with Crippen LogP contribution in [0.1, 0.15) is 19.3 Å². The fraction of sp³-hybridized carbons (Fsp3) is 0.857. The molecular weight excluding hydrogens is 114 g/mol. The van der Waals surface area contributed by atoms with Gasteiger partial charge in [-0.1, -0.05) is 6.42 Å². The van der Waals surface area contributed by atoms with E-state index in [1.54, 1.807) is 0 Å². The molecule has 1 N–H and O–H groups in total. The summed E-state index contributed by atoms with van der Waals surface area (Å²) in [5.41, 5.74) is 0. The summed E-state index contributed by atoms with van der Waals surface area (Å²) in [5, 5.41) is 3.19. The van der Waals surface area contributed by atoms with Crippen molar-refractivity contribution in [1.29, 1.82) is 0 Å². The van der Waals surface area contributed by atoms with Crippen LogP contribution in [0.3, 0.4) is 0 Å². The molecule has 1 fully saturated rings. The van der Waals surface area contributed by atoms with E-state index < -0.39 is 0 Å². The van der Waals surface area contributed by atoms with Crippen molar-refractivity contribution in [1.82, 2.24) is 5.32 Å². The Bertz CT molecular complexity index is 84.9. The molecule has 0 spiro atoms. The van der Waals surface area contributed by atoms with Crippen molar-refractivity contribution < 1.29 is 4.79 Å². The van der Waals surface area contributed by atoms with Gasteiger partial charge in [0.1, 0.15) is 0 Å². The van der Waals surface area contributed by atoms with Crippen molar-refractivity contribution in [2.24, 2.45) is 5.92 Å². The molecular formula is C7H12NO. The van der Waals surface area contributed by atoms with Crippen LogP contribution in [0, 0.1) is 5.92 Å². The van der Waals surface area contributed by atoms with E-state index in [2.05, 4.69) is 5.32 Å². The number of hydrogen-bond acceptors (Lipinski definition) is 2. The molecule has 0 saturated carbocycles. The molecule has 0 aromatic carbocycles. The van der Waals surface area contributed by atoms with Crippen molar-refractivity contribution in [2.75, 3.05) is 13.1 Å². The van der Waals surface area contributed by atoms with E-state index >= 15 is 0 Å². The molecule has 0 aromatic rings. The SMILES string of the molecule is O=[C]C1CCCCNC1. The van der Waals surface area contributed by atoms with E-state index in [0.717, 1.165) is 19.5 Å². The molecule has 1 aliphatic rings. The maximum Gasteiger partial charge on any atom is 0.203 e. The van der Waals surface area contributed by atoms with Gasteiger partial charge >= 0.3 is 0 Å². The van der Waals surface area contributed by atoms with Gasteiger partial charge in [-0.15, -0.1) is 0 Å². The molecule has 1 radical (unpaired) electrons. The maximum absolute atomic E-state index is 10.1. The topological polar surface area (TPSA) is 29.1 Å². The fourth-order valence-corrected chi connectivity index (χ4v) is 1.12. The highest BCUT2D eigenvalue weighted by Crippen LogP contribution is 2.07. The van der Waals surface area contributed by atoms with Gasteiger partial charge in [0.15, 0.2) is 0 Å². The number of nitrogens with one attached hydrogen (secondary N) is 1. The van der Waals surface area contributed by atoms with E-state index in [1.807, 2.05) is 6.29 Å². The summed E-state index contributed by atoms with van der Waals surface area (Å²) in [7, 11) is 0. The van der Waals surface area contributed by atoms with E-state index in [-0.39, 0.29) is 5.92 Å². The first-order chi connectivity index (χ1) is 4.43. The van der Waals surface area contributed by atoms with Crippen LogP contribution in [0.25, 0.3) is 0 Å². The van der Waals surface area contributed by atoms with Gasteiger partial charge in [0.2, 0.25) is 6.29 Å². The summed E-state index contributed by atoms with van der Waals surface area (Å²) in [4.78, 5) is 10.1. The number of carbonyl (C=O) groups excluding carboxylic acids is 1. The van der Waals surface area contributed by atoms with Gasteiger partial charge in [-0.2, -0.15) is 0 Å². The molecule has 2 heteroatoms. The van der Waals surface area contributed by atoms with Crippen molar-refractivity contribution in [3.8, 4) is 0 Å². The summed E-state index contributed by atoms with van der Waals surface area (Å²) in [6, 6.07) is 0. The second-order valence-corrected chi connectivity index (χ2v) is 2.51. The molecule has 0 amide bonds. The van der Waals surface area contributed by atoms with E-state index in [4.69, 9.17) is 0 Å². The second-order valence-electron chi connectivity index (χ2n) is 2.51. The third-order valence-corrected chi connectivity index (χ3v) is 1.71. The zero-order valence-electron chi connectivity index (χ0n) is 5.52. The van der Waals surface area contributed by atoms with E-state index in [9.17, 15) is 4.79 Å². The first kappa shape index (κ1) is 6.75. The predicted octanol–water partition coefficient (Wildman–Crippen LogP) is 0.486. The Labute approximate surface area is 55.6 Å². The molecule has 0 aromatic heterocycles. The highest BCUT2D eigenvalue weighted by Gasteiger charge is 2.09. The van der Waals surface area contributed by atoms with Crippen LogP contribution in [0.15, 0.2) is 0 Å². The molecule has 9 heavy (non-hydrogen) atoms. The molecule has 0 aliphatic carbocycles. The van der Waals surface area contributed by atoms with Crippen molar-refractivity contribution in [3.63, 3.8) is 0 Å². The van der Waals surface area contributed by atoms with Gasteiger partial charge in [0.25, 0.3) is 0 Å². The quantitative estimate of drug-likeness (QED) is 0.554. The minimum absolute atomic E-state index is 0.160. The largest absolute Gasteiger partial charge is 0.316 e. The third-order valence-electron chi connectivity index (χ3n) is 1.71. The summed E-state index contributed by atoms with van der Waals surface area (Å²) in [5.74, 6) is 0.160. The maximum atomic E-state index is 10.1. The molecule has 51 valence electrons. The fourth-order valence-electron chi connectivity index (χ4n) is 1.12. The van der Waals surface area contributed by atoms with Gasteiger partial charge in [0.05, 0.1) is 0 Å². The Morgan fingerprint density at radius 1 is 1.44 bits per heavy atom. The van der Waals surface area contributed by atoms with Crippen LogP contribution in [0.2, 0.25) is 0 Å². The average molecular weight is 126 g/mol. The van der Waals surface area contributed by atoms with Crippen molar-refractivity contribution in [3.05, 3.63) is 0 Å². The highest BCUT2D eigenvalue weighted by molar-refractivity contribution is 5.54. The average Bonchev–Trinajstić information content (AvgIpc) is 2.13. The Morgan fingerprint density at radius 2 is 2.33 bits per heavy atom. The molecule has 2 nitrogen and oxygen atoms in total. The lowest BCUT2D eigenvalue weighted by molar-refractivity contribution is 0.503. The summed E-state index contributed by atoms with van der Waals surface area (Å²) in [6.07, 6.45) is 5.44. The zero-order chi connectivity index (χ0) is 6.53. The Hall–Kier alpha value is -0.370. The molecule has 1 rings (SSSR count). The van der Waals surface area contributed by atoms with Crippen LogP contribution in [-0.4, -0.2) is 19.4 Å². The van der Waals surface area contributed by atoms with Crippen LogP contribution in [-0.2, 0) is 4.79 Å². The van der Waals surface area contributed by atoms with Gasteiger partial charge in [-0.25, -0.2) is 0 Å². The van der Waals surface area contributed by atoms with Crippen LogP contribution >= 0.6 is 0 Å². The second kappa shape index (κ2) is 3.62. The Kier molecular flexibility index (Phi) is 2.71.